The zero-order chi connectivity index (χ0) is 13.1. The molecule has 0 N–H and O–H groups in total. The summed E-state index contributed by atoms with van der Waals surface area (Å²) in [6.07, 6.45) is 0.774. The fourth-order valence-corrected chi connectivity index (χ4v) is 2.08. The van der Waals surface area contributed by atoms with Gasteiger partial charge in [-0.2, -0.15) is 0 Å². The Morgan fingerprint density at radius 2 is 2.06 bits per heavy atom. The van der Waals surface area contributed by atoms with Gasteiger partial charge in [-0.3, -0.25) is 4.79 Å². The first-order chi connectivity index (χ1) is 8.63. The molecule has 4 nitrogen and oxygen atoms in total. The van der Waals surface area contributed by atoms with Gasteiger partial charge in [0.05, 0.1) is 12.2 Å². The lowest BCUT2D eigenvalue weighted by atomic mass is 10.1. The number of rotatable bonds is 4. The zero-order valence-corrected chi connectivity index (χ0v) is 10.9. The first-order valence-corrected chi connectivity index (χ1v) is 6.06. The number of aryl methyl sites for hydroxylation is 1. The number of carbonyl (C=O) groups excluding carboxylic acids is 1. The van der Waals surface area contributed by atoms with Crippen molar-refractivity contribution in [2.24, 2.45) is 0 Å². The third kappa shape index (κ3) is 2.32. The highest BCUT2D eigenvalue weighted by Gasteiger charge is 2.15. The van der Waals surface area contributed by atoms with Crippen LogP contribution in [0.3, 0.4) is 0 Å². The molecule has 2 aromatic rings. The van der Waals surface area contributed by atoms with Gasteiger partial charge < -0.3 is 0 Å². The first-order valence-electron chi connectivity index (χ1n) is 6.06. The summed E-state index contributed by atoms with van der Waals surface area (Å²) in [4.78, 5) is 10.9. The summed E-state index contributed by atoms with van der Waals surface area (Å²) in [5.74, 6) is 0.226. The fraction of sp³-hybridized carbons (Fsp3) is 0.357. The zero-order valence-electron chi connectivity index (χ0n) is 10.9. The van der Waals surface area contributed by atoms with Crippen molar-refractivity contribution in [3.05, 3.63) is 46.8 Å². The second-order valence-electron chi connectivity index (χ2n) is 4.72. The molecule has 0 aliphatic heterocycles. The highest BCUT2D eigenvalue weighted by atomic mass is 16.1. The minimum absolute atomic E-state index is 0.226. The van der Waals surface area contributed by atoms with Crippen molar-refractivity contribution < 1.29 is 4.79 Å². The average molecular weight is 243 g/mol. The molecule has 0 spiro atoms. The maximum absolute atomic E-state index is 10.9. The summed E-state index contributed by atoms with van der Waals surface area (Å²) in [7, 11) is 0. The number of hydrogen-bond donors (Lipinski definition) is 0. The Balaban J connectivity index is 2.38. The Morgan fingerprint density at radius 3 is 2.67 bits per heavy atom. The van der Waals surface area contributed by atoms with Crippen LogP contribution in [0.1, 0.15) is 47.1 Å². The Bertz CT molecular complexity index is 558. The van der Waals surface area contributed by atoms with Crippen molar-refractivity contribution in [3.8, 4) is 0 Å². The van der Waals surface area contributed by atoms with E-state index in [4.69, 9.17) is 0 Å². The Kier molecular flexibility index (Phi) is 3.55. The largest absolute Gasteiger partial charge is 0.296 e. The molecule has 0 saturated carbocycles. The van der Waals surface area contributed by atoms with Crippen LogP contribution in [0, 0.1) is 6.92 Å². The number of aldehydes is 1. The first kappa shape index (κ1) is 12.5. The van der Waals surface area contributed by atoms with Gasteiger partial charge in [-0.25, -0.2) is 4.68 Å². The Labute approximate surface area is 107 Å². The van der Waals surface area contributed by atoms with Crippen molar-refractivity contribution in [3.63, 3.8) is 0 Å². The van der Waals surface area contributed by atoms with Crippen LogP contribution >= 0.6 is 0 Å². The van der Waals surface area contributed by atoms with E-state index in [1.165, 1.54) is 11.1 Å². The van der Waals surface area contributed by atoms with Crippen molar-refractivity contribution in [1.82, 2.24) is 15.0 Å². The minimum atomic E-state index is 0.226. The SMILES string of the molecule is Cc1ccccc1Cn1nnc(C=O)c1C(C)C. The second kappa shape index (κ2) is 5.12. The van der Waals surface area contributed by atoms with Crippen LogP contribution in [-0.4, -0.2) is 21.3 Å². The molecule has 0 bridgehead atoms. The molecular formula is C14H17N3O. The number of hydrogen-bond acceptors (Lipinski definition) is 3. The van der Waals surface area contributed by atoms with Crippen LogP contribution in [-0.2, 0) is 6.54 Å². The molecule has 0 fully saturated rings. The predicted molar refractivity (Wildman–Crippen MR) is 69.8 cm³/mol. The van der Waals surface area contributed by atoms with E-state index < -0.39 is 0 Å². The minimum Gasteiger partial charge on any atom is -0.296 e. The van der Waals surface area contributed by atoms with Crippen LogP contribution in [0.25, 0.3) is 0 Å². The molecule has 4 heteroatoms. The van der Waals surface area contributed by atoms with Gasteiger partial charge in [0.2, 0.25) is 0 Å². The average Bonchev–Trinajstić information content (AvgIpc) is 2.75. The molecule has 0 saturated heterocycles. The molecule has 94 valence electrons. The monoisotopic (exact) mass is 243 g/mol. The molecule has 0 aliphatic rings. The molecule has 1 aromatic heterocycles. The molecule has 0 atom stereocenters. The van der Waals surface area contributed by atoms with Gasteiger partial charge in [0.25, 0.3) is 0 Å². The molecular weight excluding hydrogens is 226 g/mol. The van der Waals surface area contributed by atoms with Crippen LogP contribution in [0.2, 0.25) is 0 Å². The fourth-order valence-electron chi connectivity index (χ4n) is 2.08. The normalized spacial score (nSPS) is 10.9. The smallest absolute Gasteiger partial charge is 0.172 e. The summed E-state index contributed by atoms with van der Waals surface area (Å²) < 4.78 is 1.82. The molecule has 0 unspecified atom stereocenters. The molecule has 0 amide bonds. The van der Waals surface area contributed by atoms with Crippen LogP contribution in [0.4, 0.5) is 0 Å². The summed E-state index contributed by atoms with van der Waals surface area (Å²) in [6.45, 7) is 6.81. The second-order valence-corrected chi connectivity index (χ2v) is 4.72. The lowest BCUT2D eigenvalue weighted by Crippen LogP contribution is -2.09. The van der Waals surface area contributed by atoms with Gasteiger partial charge in [0.1, 0.15) is 5.69 Å². The number of aromatic nitrogens is 3. The standard InChI is InChI=1S/C14H17N3O/c1-10(2)14-13(9-18)15-16-17(14)8-12-7-5-4-6-11(12)3/h4-7,9-10H,8H2,1-3H3. The molecule has 18 heavy (non-hydrogen) atoms. The topological polar surface area (TPSA) is 47.8 Å². The highest BCUT2D eigenvalue weighted by molar-refractivity contribution is 5.73. The molecule has 0 radical (unpaired) electrons. The number of benzene rings is 1. The van der Waals surface area contributed by atoms with Crippen LogP contribution in [0.5, 0.6) is 0 Å². The van der Waals surface area contributed by atoms with E-state index in [0.29, 0.717) is 12.2 Å². The predicted octanol–water partition coefficient (Wildman–Crippen LogP) is 2.57. The summed E-state index contributed by atoms with van der Waals surface area (Å²) in [6, 6.07) is 8.17. The van der Waals surface area contributed by atoms with Gasteiger partial charge in [-0.1, -0.05) is 43.3 Å². The van der Waals surface area contributed by atoms with Crippen molar-refractivity contribution in [2.45, 2.75) is 33.2 Å². The molecule has 1 heterocycles. The van der Waals surface area contributed by atoms with Crippen LogP contribution in [0.15, 0.2) is 24.3 Å². The third-order valence-electron chi connectivity index (χ3n) is 3.04. The molecule has 1 aromatic carbocycles. The van der Waals surface area contributed by atoms with Crippen molar-refractivity contribution in [1.29, 1.82) is 0 Å². The summed E-state index contributed by atoms with van der Waals surface area (Å²) in [5, 5.41) is 8.01. The molecule has 2 rings (SSSR count). The number of nitrogens with zero attached hydrogens (tertiary/aromatic N) is 3. The van der Waals surface area contributed by atoms with E-state index >= 15 is 0 Å². The van der Waals surface area contributed by atoms with Crippen molar-refractivity contribution in [2.75, 3.05) is 0 Å². The van der Waals surface area contributed by atoms with E-state index in [-0.39, 0.29) is 5.92 Å². The van der Waals surface area contributed by atoms with Gasteiger partial charge in [-0.05, 0) is 24.0 Å². The summed E-state index contributed by atoms with van der Waals surface area (Å²) in [5.41, 5.74) is 3.75. The molecule has 0 aliphatic carbocycles. The number of carbonyl (C=O) groups is 1. The van der Waals surface area contributed by atoms with Gasteiger partial charge in [0.15, 0.2) is 6.29 Å². The van der Waals surface area contributed by atoms with E-state index in [0.717, 1.165) is 12.0 Å². The van der Waals surface area contributed by atoms with Crippen molar-refractivity contribution >= 4 is 6.29 Å². The Hall–Kier alpha value is -1.97. The van der Waals surface area contributed by atoms with Crippen LogP contribution < -0.4 is 0 Å². The lowest BCUT2D eigenvalue weighted by Gasteiger charge is -2.11. The lowest BCUT2D eigenvalue weighted by molar-refractivity contribution is 0.111. The van der Waals surface area contributed by atoms with Gasteiger partial charge in [0, 0.05) is 0 Å². The van der Waals surface area contributed by atoms with Gasteiger partial charge in [-0.15, -0.1) is 5.10 Å². The highest BCUT2D eigenvalue weighted by Crippen LogP contribution is 2.18. The van der Waals surface area contributed by atoms with Gasteiger partial charge >= 0.3 is 0 Å². The third-order valence-corrected chi connectivity index (χ3v) is 3.04. The van der Waals surface area contributed by atoms with E-state index in [1.807, 2.05) is 30.7 Å². The maximum atomic E-state index is 10.9. The van der Waals surface area contributed by atoms with E-state index in [2.05, 4.69) is 29.4 Å². The van der Waals surface area contributed by atoms with E-state index in [1.54, 1.807) is 0 Å². The quantitative estimate of drug-likeness (QED) is 0.775. The summed E-state index contributed by atoms with van der Waals surface area (Å²) >= 11 is 0. The maximum Gasteiger partial charge on any atom is 0.172 e. The Morgan fingerprint density at radius 1 is 1.33 bits per heavy atom. The van der Waals surface area contributed by atoms with E-state index in [9.17, 15) is 4.79 Å².